The van der Waals surface area contributed by atoms with E-state index in [0.717, 1.165) is 12.3 Å². The van der Waals surface area contributed by atoms with Crippen molar-refractivity contribution in [2.45, 2.75) is 70.8 Å². The first-order valence-corrected chi connectivity index (χ1v) is 9.89. The number of carbonyl (C=O) groups is 1. The van der Waals surface area contributed by atoms with Crippen LogP contribution in [0, 0.1) is 5.92 Å². The summed E-state index contributed by atoms with van der Waals surface area (Å²) < 4.78 is 0. The lowest BCUT2D eigenvalue weighted by Crippen LogP contribution is -2.46. The summed E-state index contributed by atoms with van der Waals surface area (Å²) in [5.74, 6) is 1.79. The summed E-state index contributed by atoms with van der Waals surface area (Å²) in [4.78, 5) is 11.4. The van der Waals surface area contributed by atoms with E-state index in [-0.39, 0.29) is 0 Å². The minimum absolute atomic E-state index is 0.437. The SMILES string of the molecule is CC[C@]1(NC(=O)O)C=CC=C(c2c(C(C)C)cccc2C(C)C2CC2)C1. The molecule has 2 atom stereocenters. The summed E-state index contributed by atoms with van der Waals surface area (Å²) in [5, 5.41) is 12.1. The average molecular weight is 354 g/mol. The van der Waals surface area contributed by atoms with Crippen molar-refractivity contribution in [1.82, 2.24) is 5.32 Å². The topological polar surface area (TPSA) is 49.3 Å². The maximum atomic E-state index is 11.4. The van der Waals surface area contributed by atoms with Crippen LogP contribution in [0.15, 0.2) is 36.4 Å². The molecule has 3 rings (SSSR count). The van der Waals surface area contributed by atoms with Crippen LogP contribution in [0.2, 0.25) is 0 Å². The molecule has 2 aliphatic rings. The minimum atomic E-state index is -0.957. The molecule has 1 fully saturated rings. The molecular weight excluding hydrogens is 322 g/mol. The zero-order valence-corrected chi connectivity index (χ0v) is 16.4. The highest BCUT2D eigenvalue weighted by atomic mass is 16.4. The van der Waals surface area contributed by atoms with Gasteiger partial charge in [-0.2, -0.15) is 0 Å². The van der Waals surface area contributed by atoms with Gasteiger partial charge in [0, 0.05) is 0 Å². The van der Waals surface area contributed by atoms with E-state index in [9.17, 15) is 9.90 Å². The highest BCUT2D eigenvalue weighted by Gasteiger charge is 2.35. The Kier molecular flexibility index (Phi) is 5.27. The molecule has 1 saturated carbocycles. The van der Waals surface area contributed by atoms with Gasteiger partial charge in [0.25, 0.3) is 0 Å². The summed E-state index contributed by atoms with van der Waals surface area (Å²) in [5.41, 5.74) is 4.91. The smallest absolute Gasteiger partial charge is 0.405 e. The van der Waals surface area contributed by atoms with Crippen LogP contribution in [0.3, 0.4) is 0 Å². The fourth-order valence-electron chi connectivity index (χ4n) is 4.28. The summed E-state index contributed by atoms with van der Waals surface area (Å²) in [6.45, 7) is 8.88. The summed E-state index contributed by atoms with van der Waals surface area (Å²) >= 11 is 0. The number of hydrogen-bond donors (Lipinski definition) is 2. The Morgan fingerprint density at radius 2 is 1.96 bits per heavy atom. The predicted molar refractivity (Wildman–Crippen MR) is 108 cm³/mol. The van der Waals surface area contributed by atoms with E-state index in [0.29, 0.717) is 18.3 Å². The number of nitrogens with one attached hydrogen (secondary N) is 1. The first kappa shape index (κ1) is 18.8. The summed E-state index contributed by atoms with van der Waals surface area (Å²) in [7, 11) is 0. The van der Waals surface area contributed by atoms with Gasteiger partial charge >= 0.3 is 6.09 Å². The Bertz CT molecular complexity index is 743. The Morgan fingerprint density at radius 3 is 2.54 bits per heavy atom. The highest BCUT2D eigenvalue weighted by Crippen LogP contribution is 2.47. The van der Waals surface area contributed by atoms with E-state index in [1.54, 1.807) is 0 Å². The van der Waals surface area contributed by atoms with Gasteiger partial charge in [-0.1, -0.05) is 64.1 Å². The Labute approximate surface area is 157 Å². The average Bonchev–Trinajstić information content (AvgIpc) is 3.45. The first-order valence-electron chi connectivity index (χ1n) is 9.89. The Morgan fingerprint density at radius 1 is 1.27 bits per heavy atom. The largest absolute Gasteiger partial charge is 0.465 e. The second-order valence-electron chi connectivity index (χ2n) is 8.26. The van der Waals surface area contributed by atoms with Crippen molar-refractivity contribution >= 4 is 11.7 Å². The lowest BCUT2D eigenvalue weighted by Gasteiger charge is -2.34. The molecule has 0 saturated heterocycles. The van der Waals surface area contributed by atoms with E-state index in [1.165, 1.54) is 35.1 Å². The van der Waals surface area contributed by atoms with Crippen LogP contribution < -0.4 is 5.32 Å². The normalized spacial score (nSPS) is 23.7. The van der Waals surface area contributed by atoms with Gasteiger partial charge < -0.3 is 10.4 Å². The number of carboxylic acid groups (broad SMARTS) is 1. The monoisotopic (exact) mass is 353 g/mol. The van der Waals surface area contributed by atoms with Crippen LogP contribution in [0.25, 0.3) is 5.57 Å². The third-order valence-corrected chi connectivity index (χ3v) is 6.10. The second kappa shape index (κ2) is 7.30. The van der Waals surface area contributed by atoms with Gasteiger partial charge in [0.05, 0.1) is 5.54 Å². The van der Waals surface area contributed by atoms with Gasteiger partial charge in [-0.05, 0) is 65.7 Å². The first-order chi connectivity index (χ1) is 12.4. The van der Waals surface area contributed by atoms with Gasteiger partial charge in [-0.3, -0.25) is 0 Å². The molecule has 1 amide bonds. The Balaban J connectivity index is 2.06. The van der Waals surface area contributed by atoms with Crippen molar-refractivity contribution in [1.29, 1.82) is 0 Å². The zero-order valence-electron chi connectivity index (χ0n) is 16.4. The lowest BCUT2D eigenvalue weighted by molar-refractivity contribution is 0.183. The number of amides is 1. The third-order valence-electron chi connectivity index (χ3n) is 6.10. The van der Waals surface area contributed by atoms with Crippen molar-refractivity contribution in [3.8, 4) is 0 Å². The van der Waals surface area contributed by atoms with Crippen molar-refractivity contribution in [2.75, 3.05) is 0 Å². The second-order valence-corrected chi connectivity index (χ2v) is 8.26. The summed E-state index contributed by atoms with van der Waals surface area (Å²) in [6.07, 6.45) is 9.36. The van der Waals surface area contributed by atoms with Crippen LogP contribution in [-0.4, -0.2) is 16.7 Å². The molecule has 140 valence electrons. The Hall–Kier alpha value is -2.03. The molecule has 2 N–H and O–H groups in total. The molecule has 3 heteroatoms. The van der Waals surface area contributed by atoms with Crippen LogP contribution >= 0.6 is 0 Å². The zero-order chi connectivity index (χ0) is 18.9. The van der Waals surface area contributed by atoms with Crippen LogP contribution in [0.4, 0.5) is 4.79 Å². The van der Waals surface area contributed by atoms with E-state index in [2.05, 4.69) is 50.4 Å². The molecule has 0 bridgehead atoms. The molecule has 2 aliphatic carbocycles. The number of allylic oxidation sites excluding steroid dienone is 2. The van der Waals surface area contributed by atoms with E-state index < -0.39 is 11.6 Å². The van der Waals surface area contributed by atoms with Crippen molar-refractivity contribution in [3.05, 3.63) is 53.1 Å². The molecule has 0 heterocycles. The van der Waals surface area contributed by atoms with Gasteiger partial charge in [0.15, 0.2) is 0 Å². The molecule has 0 aliphatic heterocycles. The quantitative estimate of drug-likeness (QED) is 0.651. The molecule has 1 unspecified atom stereocenters. The molecule has 0 spiro atoms. The lowest BCUT2D eigenvalue weighted by atomic mass is 9.76. The van der Waals surface area contributed by atoms with Crippen LogP contribution in [0.1, 0.15) is 81.9 Å². The number of hydrogen-bond acceptors (Lipinski definition) is 1. The molecule has 0 aromatic heterocycles. The number of benzene rings is 1. The van der Waals surface area contributed by atoms with Crippen LogP contribution in [-0.2, 0) is 0 Å². The van der Waals surface area contributed by atoms with E-state index in [4.69, 9.17) is 0 Å². The maximum absolute atomic E-state index is 11.4. The number of rotatable bonds is 6. The minimum Gasteiger partial charge on any atom is -0.465 e. The molecule has 3 nitrogen and oxygen atoms in total. The van der Waals surface area contributed by atoms with Gasteiger partial charge in [0.2, 0.25) is 0 Å². The predicted octanol–water partition coefficient (Wildman–Crippen LogP) is 6.08. The van der Waals surface area contributed by atoms with E-state index in [1.807, 2.05) is 19.1 Å². The van der Waals surface area contributed by atoms with Crippen molar-refractivity contribution in [2.24, 2.45) is 5.92 Å². The van der Waals surface area contributed by atoms with Gasteiger partial charge in [0.1, 0.15) is 0 Å². The fraction of sp³-hybridized carbons (Fsp3) is 0.522. The summed E-state index contributed by atoms with van der Waals surface area (Å²) in [6, 6.07) is 6.71. The van der Waals surface area contributed by atoms with Gasteiger partial charge in [-0.15, -0.1) is 0 Å². The molecule has 26 heavy (non-hydrogen) atoms. The fourth-order valence-corrected chi connectivity index (χ4v) is 4.28. The van der Waals surface area contributed by atoms with Crippen molar-refractivity contribution in [3.63, 3.8) is 0 Å². The molecule has 1 aromatic rings. The standard InChI is InChI=1S/C23H31NO2/c1-5-23(24-22(25)26)13-7-8-18(14-23)21-19(15(2)3)9-6-10-20(21)16(4)17-11-12-17/h6-10,13,15-17,24H,5,11-12,14H2,1-4H3,(H,25,26)/t16?,23-/m0/s1. The van der Waals surface area contributed by atoms with Gasteiger partial charge in [-0.25, -0.2) is 4.79 Å². The molecule has 0 radical (unpaired) electrons. The van der Waals surface area contributed by atoms with Crippen LogP contribution in [0.5, 0.6) is 0 Å². The highest BCUT2D eigenvalue weighted by molar-refractivity contribution is 5.77. The van der Waals surface area contributed by atoms with E-state index >= 15 is 0 Å². The third kappa shape index (κ3) is 3.72. The maximum Gasteiger partial charge on any atom is 0.405 e. The molecule has 1 aromatic carbocycles. The molecular formula is C23H31NO2. The van der Waals surface area contributed by atoms with Crippen molar-refractivity contribution < 1.29 is 9.90 Å².